The molecular weight excluding hydrogens is 304 g/mol. The molecule has 1 amide bonds. The lowest BCUT2D eigenvalue weighted by Gasteiger charge is -2.47. The van der Waals surface area contributed by atoms with E-state index in [0.29, 0.717) is 18.8 Å². The molecule has 1 aromatic rings. The standard InChI is InChI=1S/C14H16N4O3S/c1-2-3-16-4-5-17(8-16)6-9-7-22-13-10(15)12(19)18(13)11(9)14(20)21/h2,4-5,8,10,13H,1,3,6-7,15H2/p+1/t10?,13-/m1/s1. The summed E-state index contributed by atoms with van der Waals surface area (Å²) in [7, 11) is 0. The van der Waals surface area contributed by atoms with Crippen LogP contribution in [0.25, 0.3) is 0 Å². The van der Waals surface area contributed by atoms with E-state index < -0.39 is 12.0 Å². The topological polar surface area (TPSA) is 92.4 Å². The van der Waals surface area contributed by atoms with Crippen LogP contribution in [0.2, 0.25) is 0 Å². The van der Waals surface area contributed by atoms with Crippen LogP contribution in [0.4, 0.5) is 0 Å². The zero-order valence-electron chi connectivity index (χ0n) is 11.9. The van der Waals surface area contributed by atoms with Crippen molar-refractivity contribution in [2.24, 2.45) is 5.73 Å². The minimum Gasteiger partial charge on any atom is -0.477 e. The number of fused-ring (bicyclic) bond motifs is 1. The fourth-order valence-electron chi connectivity index (χ4n) is 2.71. The number of nitrogens with zero attached hydrogens (tertiary/aromatic N) is 3. The number of nitrogens with two attached hydrogens (primary N) is 1. The molecule has 0 saturated carbocycles. The van der Waals surface area contributed by atoms with Crippen molar-refractivity contribution < 1.29 is 19.3 Å². The monoisotopic (exact) mass is 321 g/mol. The fraction of sp³-hybridized carbons (Fsp3) is 0.357. The smallest absolute Gasteiger partial charge is 0.352 e. The normalized spacial score (nSPS) is 24.0. The summed E-state index contributed by atoms with van der Waals surface area (Å²) in [5, 5.41) is 9.22. The average molecular weight is 321 g/mol. The van der Waals surface area contributed by atoms with Crippen molar-refractivity contribution in [3.8, 4) is 0 Å². The van der Waals surface area contributed by atoms with Crippen LogP contribution in [0.5, 0.6) is 0 Å². The van der Waals surface area contributed by atoms with Crippen LogP contribution in [0.15, 0.2) is 42.6 Å². The molecule has 0 aromatic carbocycles. The Morgan fingerprint density at radius 3 is 3.09 bits per heavy atom. The second-order valence-corrected chi connectivity index (χ2v) is 6.37. The molecule has 2 aliphatic rings. The quantitative estimate of drug-likeness (QED) is 0.435. The van der Waals surface area contributed by atoms with Gasteiger partial charge in [-0.2, -0.15) is 0 Å². The van der Waals surface area contributed by atoms with Crippen molar-refractivity contribution in [1.82, 2.24) is 9.47 Å². The summed E-state index contributed by atoms with van der Waals surface area (Å²) in [5.41, 5.74) is 6.53. The molecule has 3 N–H and O–H groups in total. The number of amides is 1. The fourth-order valence-corrected chi connectivity index (χ4v) is 3.99. The summed E-state index contributed by atoms with van der Waals surface area (Å²) in [5.74, 6) is -0.836. The summed E-state index contributed by atoms with van der Waals surface area (Å²) in [4.78, 5) is 24.8. The van der Waals surface area contributed by atoms with Gasteiger partial charge in [0.15, 0.2) is 0 Å². The van der Waals surface area contributed by atoms with Crippen molar-refractivity contribution >= 4 is 23.6 Å². The first-order valence-electron chi connectivity index (χ1n) is 6.84. The number of carboxylic acids is 1. The van der Waals surface area contributed by atoms with Crippen molar-refractivity contribution in [3.05, 3.63) is 42.6 Å². The number of aliphatic carboxylic acids is 1. The van der Waals surface area contributed by atoms with E-state index in [0.717, 1.165) is 5.57 Å². The van der Waals surface area contributed by atoms with Gasteiger partial charge in [0.05, 0.1) is 0 Å². The van der Waals surface area contributed by atoms with E-state index in [-0.39, 0.29) is 17.0 Å². The van der Waals surface area contributed by atoms with Gasteiger partial charge in [-0.3, -0.25) is 9.69 Å². The molecule has 22 heavy (non-hydrogen) atoms. The Morgan fingerprint density at radius 2 is 2.41 bits per heavy atom. The molecule has 8 heteroatoms. The van der Waals surface area contributed by atoms with Crippen LogP contribution in [-0.4, -0.2) is 43.6 Å². The SMILES string of the molecule is C=CCn1cc[n+](CC2=C(C(=O)O)N3C(=O)C(N)[C@H]3SC2)c1. The number of imidazole rings is 1. The molecule has 2 atom stereocenters. The van der Waals surface area contributed by atoms with Gasteiger partial charge in [-0.05, 0) is 0 Å². The molecule has 3 heterocycles. The Hall–Kier alpha value is -2.06. The number of rotatable bonds is 5. The van der Waals surface area contributed by atoms with Gasteiger partial charge in [0.1, 0.15) is 42.6 Å². The molecule has 3 rings (SSSR count). The molecule has 0 aliphatic carbocycles. The van der Waals surface area contributed by atoms with Gasteiger partial charge >= 0.3 is 5.97 Å². The minimum absolute atomic E-state index is 0.0828. The van der Waals surface area contributed by atoms with Crippen LogP contribution in [0.1, 0.15) is 0 Å². The molecule has 2 aliphatic heterocycles. The number of carbonyl (C=O) groups excluding carboxylic acids is 1. The first kappa shape index (κ1) is 14.9. The Balaban J connectivity index is 1.87. The number of aromatic nitrogens is 2. The molecule has 0 spiro atoms. The Morgan fingerprint density at radius 1 is 1.64 bits per heavy atom. The molecule has 1 aromatic heterocycles. The molecule has 116 valence electrons. The summed E-state index contributed by atoms with van der Waals surface area (Å²) in [6.07, 6.45) is 7.44. The van der Waals surface area contributed by atoms with E-state index in [4.69, 9.17) is 5.73 Å². The molecule has 1 unspecified atom stereocenters. The van der Waals surface area contributed by atoms with Crippen LogP contribution < -0.4 is 10.3 Å². The lowest BCUT2D eigenvalue weighted by Crippen LogP contribution is -2.68. The minimum atomic E-state index is -1.08. The van der Waals surface area contributed by atoms with Gasteiger partial charge in [-0.1, -0.05) is 12.7 Å². The molecule has 1 fully saturated rings. The van der Waals surface area contributed by atoms with Gasteiger partial charge < -0.3 is 10.8 Å². The largest absolute Gasteiger partial charge is 0.477 e. The molecule has 0 radical (unpaired) electrons. The van der Waals surface area contributed by atoms with E-state index in [1.54, 1.807) is 6.08 Å². The van der Waals surface area contributed by atoms with Crippen LogP contribution in [0.3, 0.4) is 0 Å². The summed E-state index contributed by atoms with van der Waals surface area (Å²) >= 11 is 1.51. The summed E-state index contributed by atoms with van der Waals surface area (Å²) < 4.78 is 3.84. The van der Waals surface area contributed by atoms with Gasteiger partial charge in [0, 0.05) is 11.3 Å². The van der Waals surface area contributed by atoms with Crippen LogP contribution in [-0.2, 0) is 22.7 Å². The number of thioether (sulfide) groups is 1. The lowest BCUT2D eigenvalue weighted by atomic mass is 10.0. The number of carbonyl (C=O) groups is 2. The first-order chi connectivity index (χ1) is 10.5. The van der Waals surface area contributed by atoms with Crippen molar-refractivity contribution in [3.63, 3.8) is 0 Å². The van der Waals surface area contributed by atoms with Crippen molar-refractivity contribution in [2.75, 3.05) is 5.75 Å². The third kappa shape index (κ3) is 2.34. The summed E-state index contributed by atoms with van der Waals surface area (Å²) in [6.45, 7) is 4.80. The van der Waals surface area contributed by atoms with Crippen molar-refractivity contribution in [2.45, 2.75) is 24.5 Å². The van der Waals surface area contributed by atoms with Crippen LogP contribution in [0, 0.1) is 0 Å². The highest BCUT2D eigenvalue weighted by Gasteiger charge is 2.51. The van der Waals surface area contributed by atoms with E-state index in [9.17, 15) is 14.7 Å². The predicted molar refractivity (Wildman–Crippen MR) is 80.6 cm³/mol. The zero-order chi connectivity index (χ0) is 15.9. The molecule has 0 bridgehead atoms. The Kier molecular flexibility index (Phi) is 3.79. The van der Waals surface area contributed by atoms with E-state index in [1.165, 1.54) is 16.7 Å². The lowest BCUT2D eigenvalue weighted by molar-refractivity contribution is -0.688. The third-order valence-corrected chi connectivity index (χ3v) is 5.11. The third-order valence-electron chi connectivity index (χ3n) is 3.75. The average Bonchev–Trinajstić information content (AvgIpc) is 2.93. The second kappa shape index (κ2) is 5.62. The number of hydrogen-bond donors (Lipinski definition) is 2. The maximum absolute atomic E-state index is 11.9. The maximum atomic E-state index is 11.9. The second-order valence-electron chi connectivity index (χ2n) is 5.26. The Bertz CT molecular complexity index is 681. The van der Waals surface area contributed by atoms with Gasteiger partial charge in [-0.15, -0.1) is 11.8 Å². The highest BCUT2D eigenvalue weighted by Crippen LogP contribution is 2.39. The van der Waals surface area contributed by atoms with Gasteiger partial charge in [0.2, 0.25) is 12.2 Å². The predicted octanol–water partition coefficient (Wildman–Crippen LogP) is -0.457. The maximum Gasteiger partial charge on any atom is 0.352 e. The summed E-state index contributed by atoms with van der Waals surface area (Å²) in [6, 6.07) is -0.595. The van der Waals surface area contributed by atoms with Crippen LogP contribution >= 0.6 is 11.8 Å². The van der Waals surface area contributed by atoms with E-state index in [2.05, 4.69) is 6.58 Å². The number of carboxylic acid groups (broad SMARTS) is 1. The first-order valence-corrected chi connectivity index (χ1v) is 7.89. The molecule has 7 nitrogen and oxygen atoms in total. The Labute approximate surface area is 131 Å². The van der Waals surface area contributed by atoms with Gasteiger partial charge in [-0.25, -0.2) is 13.9 Å². The number of β-lactam (4-membered cyclic amide) rings is 1. The van der Waals surface area contributed by atoms with Crippen molar-refractivity contribution in [1.29, 1.82) is 0 Å². The zero-order valence-corrected chi connectivity index (χ0v) is 12.7. The number of allylic oxidation sites excluding steroid dienone is 1. The van der Waals surface area contributed by atoms with E-state index in [1.807, 2.05) is 27.9 Å². The highest BCUT2D eigenvalue weighted by atomic mass is 32.2. The van der Waals surface area contributed by atoms with Gasteiger partial charge in [0.25, 0.3) is 0 Å². The molecule has 1 saturated heterocycles. The van der Waals surface area contributed by atoms with E-state index >= 15 is 0 Å². The molecular formula is C14H17N4O3S+. The highest BCUT2D eigenvalue weighted by molar-refractivity contribution is 8.00. The number of hydrogen-bond acceptors (Lipinski definition) is 4.